The van der Waals surface area contributed by atoms with Crippen molar-refractivity contribution in [2.45, 2.75) is 64.6 Å². The molecule has 1 aliphatic carbocycles. The van der Waals surface area contributed by atoms with Gasteiger partial charge >= 0.3 is 0 Å². The number of nitrogens with one attached hydrogen (secondary N) is 1. The van der Waals surface area contributed by atoms with Crippen molar-refractivity contribution in [3.8, 4) is 5.75 Å². The van der Waals surface area contributed by atoms with E-state index in [0.717, 1.165) is 51.8 Å². The maximum absolute atomic E-state index is 13.8. The quantitative estimate of drug-likeness (QED) is 0.440. The summed E-state index contributed by atoms with van der Waals surface area (Å²) in [6.45, 7) is 3.21. The lowest BCUT2D eigenvalue weighted by molar-refractivity contribution is -0.139. The number of amides is 2. The first-order valence-corrected chi connectivity index (χ1v) is 15.1. The van der Waals surface area contributed by atoms with Gasteiger partial charge in [-0.3, -0.25) is 13.9 Å². The second kappa shape index (κ2) is 12.8. The van der Waals surface area contributed by atoms with E-state index >= 15 is 0 Å². The average Bonchev–Trinajstić information content (AvgIpc) is 2.85. The van der Waals surface area contributed by atoms with E-state index in [-0.39, 0.29) is 24.2 Å². The average molecular weight is 595 g/mol. The van der Waals surface area contributed by atoms with E-state index < -0.39 is 28.5 Å². The summed E-state index contributed by atoms with van der Waals surface area (Å²) in [5.41, 5.74) is 1.92. The first-order chi connectivity index (χ1) is 17.5. The highest BCUT2D eigenvalue weighted by molar-refractivity contribution is 9.10. The van der Waals surface area contributed by atoms with Gasteiger partial charge in [0, 0.05) is 17.1 Å². The van der Waals surface area contributed by atoms with Gasteiger partial charge in [-0.1, -0.05) is 53.4 Å². The molecule has 10 heteroatoms. The molecule has 0 aliphatic heterocycles. The first-order valence-electron chi connectivity index (χ1n) is 12.5. The van der Waals surface area contributed by atoms with Crippen molar-refractivity contribution in [3.05, 3.63) is 58.1 Å². The van der Waals surface area contributed by atoms with E-state index in [9.17, 15) is 18.0 Å². The van der Waals surface area contributed by atoms with Gasteiger partial charge in [0.2, 0.25) is 21.8 Å². The maximum atomic E-state index is 13.8. The molecule has 0 aromatic heterocycles. The van der Waals surface area contributed by atoms with Crippen molar-refractivity contribution < 1.29 is 22.7 Å². The van der Waals surface area contributed by atoms with E-state index in [1.807, 2.05) is 37.3 Å². The summed E-state index contributed by atoms with van der Waals surface area (Å²) in [6, 6.07) is 11.9. The Morgan fingerprint density at radius 2 is 1.84 bits per heavy atom. The SMILES string of the molecule is COc1ccc(C)cc1N(CC(=O)N(Cc1cccc(Br)c1)[C@H](C)C(=O)NC1CCCCC1)S(C)(=O)=O. The van der Waals surface area contributed by atoms with Crippen LogP contribution in [0.2, 0.25) is 0 Å². The number of carbonyl (C=O) groups is 2. The lowest BCUT2D eigenvalue weighted by Gasteiger charge is -2.33. The van der Waals surface area contributed by atoms with Gasteiger partial charge in [-0.2, -0.15) is 0 Å². The van der Waals surface area contributed by atoms with Crippen LogP contribution >= 0.6 is 15.9 Å². The molecule has 0 radical (unpaired) electrons. The summed E-state index contributed by atoms with van der Waals surface area (Å²) in [5, 5.41) is 3.10. The number of aryl methyl sites for hydroxylation is 1. The van der Waals surface area contributed by atoms with E-state index in [1.165, 1.54) is 18.4 Å². The second-order valence-corrected chi connectivity index (χ2v) is 12.4. The van der Waals surface area contributed by atoms with Crippen LogP contribution in [0.15, 0.2) is 46.9 Å². The maximum Gasteiger partial charge on any atom is 0.244 e. The molecule has 0 unspecified atom stereocenters. The van der Waals surface area contributed by atoms with E-state index in [1.54, 1.807) is 19.1 Å². The zero-order chi connectivity index (χ0) is 27.2. The summed E-state index contributed by atoms with van der Waals surface area (Å²) in [7, 11) is -2.39. The minimum Gasteiger partial charge on any atom is -0.495 e. The summed E-state index contributed by atoms with van der Waals surface area (Å²) in [5.74, 6) is -0.389. The molecule has 2 amide bonds. The molecule has 1 fully saturated rings. The molecule has 2 aromatic carbocycles. The minimum absolute atomic E-state index is 0.0931. The number of methoxy groups -OCH3 is 1. The van der Waals surface area contributed by atoms with Gasteiger partial charge < -0.3 is 15.0 Å². The van der Waals surface area contributed by atoms with Crippen LogP contribution in [-0.2, 0) is 26.2 Å². The molecule has 37 heavy (non-hydrogen) atoms. The fraction of sp³-hybridized carbons (Fsp3) is 0.481. The highest BCUT2D eigenvalue weighted by Crippen LogP contribution is 2.31. The zero-order valence-electron chi connectivity index (χ0n) is 21.9. The van der Waals surface area contributed by atoms with Crippen molar-refractivity contribution in [2.75, 3.05) is 24.2 Å². The highest BCUT2D eigenvalue weighted by atomic mass is 79.9. The van der Waals surface area contributed by atoms with Crippen LogP contribution in [0.4, 0.5) is 5.69 Å². The van der Waals surface area contributed by atoms with Crippen LogP contribution in [0, 0.1) is 6.92 Å². The third kappa shape index (κ3) is 7.95. The third-order valence-corrected chi connectivity index (χ3v) is 8.26. The van der Waals surface area contributed by atoms with Crippen LogP contribution in [0.5, 0.6) is 5.75 Å². The van der Waals surface area contributed by atoms with E-state index in [4.69, 9.17) is 4.74 Å². The van der Waals surface area contributed by atoms with Gasteiger partial charge in [-0.25, -0.2) is 8.42 Å². The van der Waals surface area contributed by atoms with E-state index in [0.29, 0.717) is 5.75 Å². The number of ether oxygens (including phenoxy) is 1. The number of nitrogens with zero attached hydrogens (tertiary/aromatic N) is 2. The lowest BCUT2D eigenvalue weighted by atomic mass is 9.95. The van der Waals surface area contributed by atoms with Crippen LogP contribution in [0.25, 0.3) is 0 Å². The van der Waals surface area contributed by atoms with Gasteiger partial charge in [0.15, 0.2) is 0 Å². The molecule has 0 bridgehead atoms. The van der Waals surface area contributed by atoms with Crippen LogP contribution < -0.4 is 14.4 Å². The minimum atomic E-state index is -3.85. The molecule has 202 valence electrons. The number of hydrogen-bond acceptors (Lipinski definition) is 5. The number of carbonyl (C=O) groups excluding carboxylic acids is 2. The fourth-order valence-corrected chi connectivity index (χ4v) is 5.86. The molecule has 1 aliphatic rings. The van der Waals surface area contributed by atoms with Gasteiger partial charge in [0.1, 0.15) is 18.3 Å². The molecule has 1 N–H and O–H groups in total. The topological polar surface area (TPSA) is 96.0 Å². The summed E-state index contributed by atoms with van der Waals surface area (Å²) >= 11 is 3.46. The second-order valence-electron chi connectivity index (χ2n) is 9.62. The van der Waals surface area contributed by atoms with Crippen molar-refractivity contribution in [3.63, 3.8) is 0 Å². The molecular formula is C27H36BrN3O5S. The van der Waals surface area contributed by atoms with Crippen LogP contribution in [0.3, 0.4) is 0 Å². The van der Waals surface area contributed by atoms with Crippen molar-refractivity contribution in [2.24, 2.45) is 0 Å². The molecule has 0 spiro atoms. The Hall–Kier alpha value is -2.59. The number of hydrogen-bond donors (Lipinski definition) is 1. The van der Waals surface area contributed by atoms with Gasteiger partial charge in [-0.05, 0) is 62.1 Å². The monoisotopic (exact) mass is 593 g/mol. The highest BCUT2D eigenvalue weighted by Gasteiger charge is 2.32. The Bertz CT molecular complexity index is 1210. The van der Waals surface area contributed by atoms with Gasteiger partial charge in [-0.15, -0.1) is 0 Å². The molecule has 1 saturated carbocycles. The summed E-state index contributed by atoms with van der Waals surface area (Å²) in [4.78, 5) is 28.5. The van der Waals surface area contributed by atoms with Crippen LogP contribution in [0.1, 0.15) is 50.2 Å². The Balaban J connectivity index is 1.92. The molecule has 8 nitrogen and oxygen atoms in total. The molecule has 3 rings (SSSR count). The van der Waals surface area contributed by atoms with Crippen molar-refractivity contribution in [1.82, 2.24) is 10.2 Å². The zero-order valence-corrected chi connectivity index (χ0v) is 24.3. The molecule has 0 saturated heterocycles. The van der Waals surface area contributed by atoms with Gasteiger partial charge in [0.05, 0.1) is 19.1 Å². The van der Waals surface area contributed by atoms with Crippen LogP contribution in [-0.4, -0.2) is 57.1 Å². The largest absolute Gasteiger partial charge is 0.495 e. The Morgan fingerprint density at radius 3 is 2.46 bits per heavy atom. The summed E-state index contributed by atoms with van der Waals surface area (Å²) < 4.78 is 33.0. The number of rotatable bonds is 10. The Morgan fingerprint density at radius 1 is 1.14 bits per heavy atom. The van der Waals surface area contributed by atoms with Gasteiger partial charge in [0.25, 0.3) is 0 Å². The smallest absolute Gasteiger partial charge is 0.244 e. The fourth-order valence-electron chi connectivity index (χ4n) is 4.57. The molecule has 2 aromatic rings. The Kier molecular flexibility index (Phi) is 10.0. The number of halogens is 1. The lowest BCUT2D eigenvalue weighted by Crippen LogP contribution is -2.53. The number of sulfonamides is 1. The molecular weight excluding hydrogens is 558 g/mol. The number of anilines is 1. The summed E-state index contributed by atoms with van der Waals surface area (Å²) in [6.07, 6.45) is 6.21. The van der Waals surface area contributed by atoms with Crippen molar-refractivity contribution >= 4 is 43.5 Å². The predicted molar refractivity (Wildman–Crippen MR) is 149 cm³/mol. The third-order valence-electron chi connectivity index (χ3n) is 6.64. The first kappa shape index (κ1) is 29.0. The molecule has 0 heterocycles. The van der Waals surface area contributed by atoms with E-state index in [2.05, 4.69) is 21.2 Å². The number of benzene rings is 2. The normalized spacial score (nSPS) is 15.1. The molecule has 1 atom stereocenters. The Labute approximate surface area is 228 Å². The predicted octanol–water partition coefficient (Wildman–Crippen LogP) is 4.40. The standard InChI is InChI=1S/C27H36BrN3O5S/c1-19-13-14-25(36-3)24(15-19)31(37(4,34)35)18-26(32)30(17-21-9-8-10-22(28)16-21)20(2)27(33)29-23-11-6-5-7-12-23/h8-10,13-16,20,23H,5-7,11-12,17-18H2,1-4H3,(H,29,33)/t20-/m1/s1. The van der Waals surface area contributed by atoms with Crippen molar-refractivity contribution in [1.29, 1.82) is 0 Å².